The van der Waals surface area contributed by atoms with E-state index in [-0.39, 0.29) is 6.09 Å². The SMILES string of the molecule is CCC[CH2][Sn]([CH2]CCC)([CH2]CCC)[CH2]N(Cc1ccccc1)C(=O)OCc1ccccc1. The summed E-state index contributed by atoms with van der Waals surface area (Å²) in [6, 6.07) is 20.4. The van der Waals surface area contributed by atoms with Gasteiger partial charge in [0.2, 0.25) is 0 Å². The summed E-state index contributed by atoms with van der Waals surface area (Å²) < 4.78 is 11.0. The Bertz CT molecular complexity index is 729. The maximum absolute atomic E-state index is 13.4. The normalized spacial score (nSPS) is 11.3. The summed E-state index contributed by atoms with van der Waals surface area (Å²) in [5.74, 6) is 0. The molecule has 4 heteroatoms. The van der Waals surface area contributed by atoms with Crippen LogP contribution in [0.5, 0.6) is 0 Å². The first kappa shape index (κ1) is 26.8. The zero-order valence-electron chi connectivity index (χ0n) is 20.5. The van der Waals surface area contributed by atoms with Crippen LogP contribution in [0.3, 0.4) is 0 Å². The quantitative estimate of drug-likeness (QED) is 0.212. The van der Waals surface area contributed by atoms with E-state index in [1.165, 1.54) is 57.4 Å². The minimum absolute atomic E-state index is 0.150. The number of amides is 1. The Morgan fingerprint density at radius 1 is 0.750 bits per heavy atom. The number of carbonyl (C=O) groups excluding carboxylic acids is 1. The van der Waals surface area contributed by atoms with E-state index >= 15 is 0 Å². The van der Waals surface area contributed by atoms with E-state index in [2.05, 4.69) is 49.9 Å². The summed E-state index contributed by atoms with van der Waals surface area (Å²) in [6.45, 7) is 7.88. The van der Waals surface area contributed by atoms with Gasteiger partial charge < -0.3 is 0 Å². The molecule has 0 spiro atoms. The van der Waals surface area contributed by atoms with Crippen molar-refractivity contribution in [3.8, 4) is 0 Å². The Morgan fingerprint density at radius 2 is 1.22 bits per heavy atom. The van der Waals surface area contributed by atoms with Crippen molar-refractivity contribution in [1.29, 1.82) is 0 Å². The summed E-state index contributed by atoms with van der Waals surface area (Å²) >= 11 is -2.54. The molecule has 0 fully saturated rings. The topological polar surface area (TPSA) is 29.5 Å². The van der Waals surface area contributed by atoms with Crippen molar-refractivity contribution in [3.05, 3.63) is 71.8 Å². The summed E-state index contributed by atoms with van der Waals surface area (Å²) in [5, 5.41) is 0. The van der Waals surface area contributed by atoms with Gasteiger partial charge in [0.1, 0.15) is 0 Å². The molecule has 0 saturated heterocycles. The molecule has 2 aromatic carbocycles. The Morgan fingerprint density at radius 3 is 1.69 bits per heavy atom. The van der Waals surface area contributed by atoms with Gasteiger partial charge in [-0.2, -0.15) is 0 Å². The van der Waals surface area contributed by atoms with Crippen molar-refractivity contribution in [2.45, 2.75) is 85.8 Å². The molecule has 3 nitrogen and oxygen atoms in total. The molecule has 0 aromatic heterocycles. The first-order chi connectivity index (χ1) is 15.6. The standard InChI is InChI=1S/C16H16NO2.3C4H9.Sn/c1-17(12-14-8-4-2-5-9-14)16(18)19-13-15-10-6-3-7-11-15;3*1-3-4-2;/h2-11H,1,12-13H2;3*1,3-4H2,2H3;. The van der Waals surface area contributed by atoms with E-state index in [4.69, 9.17) is 4.74 Å². The Kier molecular flexibility index (Phi) is 12.8. The number of carbonyl (C=O) groups is 1. The molecular formula is C28H43NO2Sn. The van der Waals surface area contributed by atoms with Crippen LogP contribution in [0.1, 0.15) is 70.4 Å². The first-order valence-corrected chi connectivity index (χ1v) is 20.7. The van der Waals surface area contributed by atoms with Crippen molar-refractivity contribution in [3.63, 3.8) is 0 Å². The van der Waals surface area contributed by atoms with Crippen LogP contribution < -0.4 is 0 Å². The van der Waals surface area contributed by atoms with Gasteiger partial charge in [0, 0.05) is 0 Å². The van der Waals surface area contributed by atoms with Crippen LogP contribution in [0, 0.1) is 0 Å². The number of hydrogen-bond acceptors (Lipinski definition) is 2. The van der Waals surface area contributed by atoms with Crippen LogP contribution in [-0.2, 0) is 17.9 Å². The molecule has 0 aliphatic rings. The van der Waals surface area contributed by atoms with E-state index in [0.29, 0.717) is 13.2 Å². The predicted octanol–water partition coefficient (Wildman–Crippen LogP) is 8.21. The van der Waals surface area contributed by atoms with Crippen molar-refractivity contribution in [2.24, 2.45) is 0 Å². The van der Waals surface area contributed by atoms with Crippen molar-refractivity contribution < 1.29 is 9.53 Å². The molecule has 0 aliphatic heterocycles. The van der Waals surface area contributed by atoms with Gasteiger partial charge >= 0.3 is 201 Å². The van der Waals surface area contributed by atoms with E-state index in [9.17, 15) is 4.79 Å². The van der Waals surface area contributed by atoms with Crippen LogP contribution in [0.2, 0.25) is 13.3 Å². The average Bonchev–Trinajstić information content (AvgIpc) is 2.84. The van der Waals surface area contributed by atoms with Gasteiger partial charge in [-0.05, 0) is 0 Å². The molecule has 32 heavy (non-hydrogen) atoms. The van der Waals surface area contributed by atoms with E-state index in [0.717, 1.165) is 10.1 Å². The molecular weight excluding hydrogens is 501 g/mol. The monoisotopic (exact) mass is 545 g/mol. The molecule has 0 atom stereocenters. The van der Waals surface area contributed by atoms with Gasteiger partial charge in [0.15, 0.2) is 0 Å². The minimum atomic E-state index is -2.54. The number of ether oxygens (including phenoxy) is 1. The van der Waals surface area contributed by atoms with Crippen LogP contribution in [-0.4, -0.2) is 33.9 Å². The molecule has 0 radical (unpaired) electrons. The number of benzene rings is 2. The average molecular weight is 544 g/mol. The van der Waals surface area contributed by atoms with Crippen molar-refractivity contribution in [1.82, 2.24) is 4.90 Å². The van der Waals surface area contributed by atoms with Crippen LogP contribution >= 0.6 is 0 Å². The third kappa shape index (κ3) is 9.56. The van der Waals surface area contributed by atoms with Gasteiger partial charge in [-0.15, -0.1) is 0 Å². The van der Waals surface area contributed by atoms with E-state index < -0.39 is 18.4 Å². The molecule has 176 valence electrons. The molecule has 0 unspecified atom stereocenters. The molecule has 0 aliphatic carbocycles. The molecule has 1 amide bonds. The molecule has 0 N–H and O–H groups in total. The number of nitrogens with zero attached hydrogens (tertiary/aromatic N) is 1. The van der Waals surface area contributed by atoms with E-state index in [1.807, 2.05) is 36.4 Å². The zero-order chi connectivity index (χ0) is 23.1. The fraction of sp³-hybridized carbons (Fsp3) is 0.536. The predicted molar refractivity (Wildman–Crippen MR) is 138 cm³/mol. The second-order valence-electron chi connectivity index (χ2n) is 9.19. The summed E-state index contributed by atoms with van der Waals surface area (Å²) in [4.78, 5) is 15.4. The number of unbranched alkanes of at least 4 members (excludes halogenated alkanes) is 3. The molecule has 0 bridgehead atoms. The fourth-order valence-corrected chi connectivity index (χ4v) is 20.4. The molecule has 2 aromatic rings. The fourth-order valence-electron chi connectivity index (χ4n) is 4.47. The second-order valence-corrected chi connectivity index (χ2v) is 22.9. The first-order valence-electron chi connectivity index (χ1n) is 12.6. The third-order valence-electron chi connectivity index (χ3n) is 6.39. The number of rotatable bonds is 15. The van der Waals surface area contributed by atoms with Crippen molar-refractivity contribution >= 4 is 24.5 Å². The Balaban J connectivity index is 2.23. The van der Waals surface area contributed by atoms with Gasteiger partial charge in [-0.3, -0.25) is 0 Å². The van der Waals surface area contributed by atoms with Gasteiger partial charge in [-0.1, -0.05) is 0 Å². The van der Waals surface area contributed by atoms with Gasteiger partial charge in [-0.25, -0.2) is 0 Å². The van der Waals surface area contributed by atoms with Gasteiger partial charge in [0.25, 0.3) is 0 Å². The Hall–Kier alpha value is -1.49. The maximum atomic E-state index is 13.4. The Labute approximate surface area is 200 Å². The van der Waals surface area contributed by atoms with E-state index in [1.54, 1.807) is 0 Å². The van der Waals surface area contributed by atoms with Crippen molar-refractivity contribution in [2.75, 3.05) is 4.56 Å². The number of hydrogen-bond donors (Lipinski definition) is 0. The van der Waals surface area contributed by atoms with Crippen LogP contribution in [0.25, 0.3) is 0 Å². The van der Waals surface area contributed by atoms with Gasteiger partial charge in [0.05, 0.1) is 0 Å². The summed E-state index contributed by atoms with van der Waals surface area (Å²) in [6.07, 6.45) is 7.50. The van der Waals surface area contributed by atoms with Crippen LogP contribution in [0.15, 0.2) is 60.7 Å². The molecule has 0 heterocycles. The second kappa shape index (κ2) is 15.4. The molecule has 2 rings (SSSR count). The zero-order valence-corrected chi connectivity index (χ0v) is 23.4. The third-order valence-corrected chi connectivity index (χ3v) is 21.5. The summed E-state index contributed by atoms with van der Waals surface area (Å²) in [7, 11) is 0. The van der Waals surface area contributed by atoms with Crippen LogP contribution in [0.4, 0.5) is 4.79 Å². The summed E-state index contributed by atoms with van der Waals surface area (Å²) in [5.41, 5.74) is 2.23. The molecule has 0 saturated carbocycles.